The summed E-state index contributed by atoms with van der Waals surface area (Å²) in [5.41, 5.74) is 6.71. The standard InChI is InChI=1S/C16H26N2OS2/c1-9-6-10(2)15(13(7-9)19-5)16(18-17)14-8-20-11(3)12(4)21-14/h6-7,11-12,14,16,18H,8,17H2,1-5H3. The molecule has 0 bridgehead atoms. The quantitative estimate of drug-likeness (QED) is 0.655. The molecule has 2 rings (SSSR count). The SMILES string of the molecule is COc1cc(C)cc(C)c1C(NN)C1CSC(C)C(C)S1. The molecule has 0 spiro atoms. The first-order valence-corrected chi connectivity index (χ1v) is 9.35. The van der Waals surface area contributed by atoms with E-state index in [9.17, 15) is 0 Å². The summed E-state index contributed by atoms with van der Waals surface area (Å²) in [5, 5.41) is 1.80. The van der Waals surface area contributed by atoms with Crippen molar-refractivity contribution in [2.75, 3.05) is 12.9 Å². The summed E-state index contributed by atoms with van der Waals surface area (Å²) in [7, 11) is 1.73. The molecule has 1 aliphatic heterocycles. The van der Waals surface area contributed by atoms with Crippen molar-refractivity contribution in [1.29, 1.82) is 0 Å². The molecule has 3 nitrogen and oxygen atoms in total. The second-order valence-electron chi connectivity index (χ2n) is 5.76. The second-order valence-corrected chi connectivity index (χ2v) is 8.79. The number of hydrogen-bond donors (Lipinski definition) is 2. The van der Waals surface area contributed by atoms with Gasteiger partial charge in [-0.1, -0.05) is 19.9 Å². The molecular weight excluding hydrogens is 300 g/mol. The molecule has 1 aromatic carbocycles. The van der Waals surface area contributed by atoms with Crippen LogP contribution in [0.2, 0.25) is 0 Å². The number of nitrogens with two attached hydrogens (primary N) is 1. The second kappa shape index (κ2) is 7.27. The van der Waals surface area contributed by atoms with E-state index in [2.05, 4.69) is 45.3 Å². The number of hydrogen-bond acceptors (Lipinski definition) is 5. The van der Waals surface area contributed by atoms with Crippen molar-refractivity contribution in [1.82, 2.24) is 5.43 Å². The molecule has 0 saturated carbocycles. The zero-order valence-corrected chi connectivity index (χ0v) is 15.1. The van der Waals surface area contributed by atoms with Crippen molar-refractivity contribution in [3.8, 4) is 5.75 Å². The first-order valence-electron chi connectivity index (χ1n) is 7.36. The molecule has 1 heterocycles. The first kappa shape index (κ1) is 17.0. The molecule has 5 heteroatoms. The molecule has 0 aliphatic carbocycles. The fraction of sp³-hybridized carbons (Fsp3) is 0.625. The maximum absolute atomic E-state index is 5.92. The van der Waals surface area contributed by atoms with Gasteiger partial charge in [0.15, 0.2) is 0 Å². The van der Waals surface area contributed by atoms with Crippen molar-refractivity contribution in [2.24, 2.45) is 5.84 Å². The summed E-state index contributed by atoms with van der Waals surface area (Å²) < 4.78 is 5.62. The lowest BCUT2D eigenvalue weighted by Gasteiger charge is -2.36. The van der Waals surface area contributed by atoms with Crippen LogP contribution in [0.5, 0.6) is 5.75 Å². The number of methoxy groups -OCH3 is 1. The monoisotopic (exact) mass is 326 g/mol. The maximum atomic E-state index is 5.92. The van der Waals surface area contributed by atoms with Gasteiger partial charge in [-0.2, -0.15) is 23.5 Å². The number of hydrazine groups is 1. The van der Waals surface area contributed by atoms with Gasteiger partial charge in [-0.15, -0.1) is 0 Å². The summed E-state index contributed by atoms with van der Waals surface area (Å²) >= 11 is 4.07. The minimum atomic E-state index is 0.119. The van der Waals surface area contributed by atoms with E-state index in [1.165, 1.54) is 16.7 Å². The smallest absolute Gasteiger partial charge is 0.124 e. The van der Waals surface area contributed by atoms with Crippen LogP contribution in [0, 0.1) is 13.8 Å². The molecule has 4 atom stereocenters. The summed E-state index contributed by atoms with van der Waals surface area (Å²) in [6.45, 7) is 8.85. The topological polar surface area (TPSA) is 47.3 Å². The highest BCUT2D eigenvalue weighted by atomic mass is 32.2. The number of benzene rings is 1. The van der Waals surface area contributed by atoms with E-state index < -0.39 is 0 Å². The van der Waals surface area contributed by atoms with E-state index >= 15 is 0 Å². The van der Waals surface area contributed by atoms with Gasteiger partial charge in [0.2, 0.25) is 0 Å². The summed E-state index contributed by atoms with van der Waals surface area (Å²) in [6.07, 6.45) is 0. The van der Waals surface area contributed by atoms with E-state index in [1.807, 2.05) is 23.5 Å². The van der Waals surface area contributed by atoms with Gasteiger partial charge in [-0.3, -0.25) is 11.3 Å². The van der Waals surface area contributed by atoms with Crippen molar-refractivity contribution in [3.05, 3.63) is 28.8 Å². The van der Waals surface area contributed by atoms with E-state index in [4.69, 9.17) is 10.6 Å². The normalized spacial score (nSPS) is 27.4. The molecule has 0 radical (unpaired) electrons. The van der Waals surface area contributed by atoms with Crippen LogP contribution in [-0.4, -0.2) is 28.6 Å². The fourth-order valence-corrected chi connectivity index (χ4v) is 5.95. The van der Waals surface area contributed by atoms with Gasteiger partial charge in [0.1, 0.15) is 5.75 Å². The van der Waals surface area contributed by atoms with Crippen LogP contribution in [0.15, 0.2) is 12.1 Å². The van der Waals surface area contributed by atoms with Gasteiger partial charge in [0.05, 0.1) is 13.2 Å². The van der Waals surface area contributed by atoms with E-state index in [1.54, 1.807) is 7.11 Å². The average molecular weight is 327 g/mol. The Morgan fingerprint density at radius 1 is 1.29 bits per heavy atom. The summed E-state index contributed by atoms with van der Waals surface area (Å²) in [6, 6.07) is 4.42. The van der Waals surface area contributed by atoms with Crippen molar-refractivity contribution in [3.63, 3.8) is 0 Å². The third-order valence-corrected chi connectivity index (χ3v) is 7.64. The van der Waals surface area contributed by atoms with Crippen LogP contribution < -0.4 is 16.0 Å². The predicted octanol–water partition coefficient (Wildman–Crippen LogP) is 3.44. The van der Waals surface area contributed by atoms with Crippen LogP contribution in [0.3, 0.4) is 0 Å². The highest BCUT2D eigenvalue weighted by Crippen LogP contribution is 2.43. The van der Waals surface area contributed by atoms with Crippen LogP contribution in [0.4, 0.5) is 0 Å². The van der Waals surface area contributed by atoms with Crippen LogP contribution in [0.25, 0.3) is 0 Å². The molecule has 0 aromatic heterocycles. The Morgan fingerprint density at radius 3 is 2.57 bits per heavy atom. The van der Waals surface area contributed by atoms with Gasteiger partial charge < -0.3 is 4.74 Å². The molecule has 0 amide bonds. The Balaban J connectivity index is 2.33. The maximum Gasteiger partial charge on any atom is 0.124 e. The highest BCUT2D eigenvalue weighted by molar-refractivity contribution is 8.07. The zero-order valence-electron chi connectivity index (χ0n) is 13.5. The van der Waals surface area contributed by atoms with Crippen LogP contribution >= 0.6 is 23.5 Å². The zero-order chi connectivity index (χ0) is 15.6. The number of nitrogens with one attached hydrogen (secondary N) is 1. The Bertz CT molecular complexity index is 495. The Labute approximate surface area is 136 Å². The van der Waals surface area contributed by atoms with Gasteiger partial charge in [-0.25, -0.2) is 0 Å². The molecule has 21 heavy (non-hydrogen) atoms. The largest absolute Gasteiger partial charge is 0.496 e. The number of thioether (sulfide) groups is 2. The minimum absolute atomic E-state index is 0.119. The fourth-order valence-electron chi connectivity index (χ4n) is 2.87. The van der Waals surface area contributed by atoms with Crippen molar-refractivity contribution in [2.45, 2.75) is 49.5 Å². The number of aryl methyl sites for hydroxylation is 2. The number of ether oxygens (including phenoxy) is 1. The molecule has 1 aromatic rings. The third-order valence-electron chi connectivity index (χ3n) is 4.15. The van der Waals surface area contributed by atoms with Gasteiger partial charge in [0.25, 0.3) is 0 Å². The summed E-state index contributed by atoms with van der Waals surface area (Å²) in [5.74, 6) is 7.97. The summed E-state index contributed by atoms with van der Waals surface area (Å²) in [4.78, 5) is 0. The lowest BCUT2D eigenvalue weighted by molar-refractivity contribution is 0.398. The minimum Gasteiger partial charge on any atom is -0.496 e. The van der Waals surface area contributed by atoms with E-state index in [-0.39, 0.29) is 6.04 Å². The molecule has 4 unspecified atom stereocenters. The Kier molecular flexibility index (Phi) is 5.88. The molecule has 1 fully saturated rings. The third kappa shape index (κ3) is 3.70. The molecule has 118 valence electrons. The molecule has 1 saturated heterocycles. The average Bonchev–Trinajstić information content (AvgIpc) is 2.45. The molecular formula is C16H26N2OS2. The molecule has 3 N–H and O–H groups in total. The lowest BCUT2D eigenvalue weighted by atomic mass is 9.96. The van der Waals surface area contributed by atoms with E-state index in [0.717, 1.165) is 11.5 Å². The van der Waals surface area contributed by atoms with Crippen LogP contribution in [0.1, 0.15) is 36.6 Å². The Hall–Kier alpha value is -0.360. The highest BCUT2D eigenvalue weighted by Gasteiger charge is 2.33. The van der Waals surface area contributed by atoms with Crippen molar-refractivity contribution >= 4 is 23.5 Å². The number of rotatable bonds is 4. The Morgan fingerprint density at radius 2 is 2.00 bits per heavy atom. The first-order chi connectivity index (χ1) is 9.97. The molecule has 1 aliphatic rings. The van der Waals surface area contributed by atoms with Gasteiger partial charge >= 0.3 is 0 Å². The lowest BCUT2D eigenvalue weighted by Crippen LogP contribution is -2.40. The van der Waals surface area contributed by atoms with Gasteiger partial charge in [-0.05, 0) is 31.0 Å². The predicted molar refractivity (Wildman–Crippen MR) is 95.3 cm³/mol. The van der Waals surface area contributed by atoms with Gasteiger partial charge in [0, 0.05) is 27.1 Å². The van der Waals surface area contributed by atoms with E-state index in [0.29, 0.717) is 15.7 Å². The van der Waals surface area contributed by atoms with Crippen molar-refractivity contribution < 1.29 is 4.74 Å². The van der Waals surface area contributed by atoms with Crippen LogP contribution in [-0.2, 0) is 0 Å².